The van der Waals surface area contributed by atoms with E-state index in [0.717, 1.165) is 36.0 Å². The lowest BCUT2D eigenvalue weighted by Gasteiger charge is -2.15. The minimum absolute atomic E-state index is 0.0994. The Morgan fingerprint density at radius 1 is 1.35 bits per heavy atom. The van der Waals surface area contributed by atoms with Crippen molar-refractivity contribution in [2.45, 2.75) is 39.2 Å². The molecule has 0 bridgehead atoms. The van der Waals surface area contributed by atoms with Crippen LogP contribution in [0, 0.1) is 5.92 Å². The topological polar surface area (TPSA) is 68.9 Å². The van der Waals surface area contributed by atoms with Gasteiger partial charge in [-0.2, -0.15) is 0 Å². The van der Waals surface area contributed by atoms with Crippen LogP contribution in [0.25, 0.3) is 11.0 Å². The van der Waals surface area contributed by atoms with E-state index in [1.54, 1.807) is 27.5 Å². The molecule has 0 spiro atoms. The van der Waals surface area contributed by atoms with Gasteiger partial charge in [-0.25, -0.2) is 9.78 Å². The maximum absolute atomic E-state index is 12.4. The fourth-order valence-corrected chi connectivity index (χ4v) is 4.76. The quantitative estimate of drug-likeness (QED) is 0.768. The van der Waals surface area contributed by atoms with Gasteiger partial charge < -0.3 is 5.32 Å². The minimum atomic E-state index is -0.107. The number of anilines is 1. The second kappa shape index (κ2) is 6.72. The van der Waals surface area contributed by atoms with Crippen LogP contribution in [0.15, 0.2) is 29.1 Å². The Morgan fingerprint density at radius 2 is 2.12 bits per heavy atom. The average Bonchev–Trinajstić information content (AvgIpc) is 3.12. The minimum Gasteiger partial charge on any atom is -0.302 e. The summed E-state index contributed by atoms with van der Waals surface area (Å²) >= 11 is 1.58. The molecule has 1 aromatic carbocycles. The molecule has 1 amide bonds. The zero-order valence-corrected chi connectivity index (χ0v) is 15.8. The predicted octanol–water partition coefficient (Wildman–Crippen LogP) is 2.95. The van der Waals surface area contributed by atoms with Gasteiger partial charge in [-0.3, -0.25) is 13.9 Å². The van der Waals surface area contributed by atoms with Crippen LogP contribution in [-0.2, 0) is 31.2 Å². The average molecular weight is 370 g/mol. The highest BCUT2D eigenvalue weighted by atomic mass is 32.1. The number of thiazole rings is 1. The number of carbonyl (C=O) groups excluding carboxylic acids is 1. The molecule has 4 rings (SSSR count). The number of rotatable bonds is 4. The van der Waals surface area contributed by atoms with Crippen molar-refractivity contribution in [1.29, 1.82) is 0 Å². The third-order valence-electron chi connectivity index (χ3n) is 5.05. The molecule has 0 saturated heterocycles. The maximum Gasteiger partial charge on any atom is 0.328 e. The van der Waals surface area contributed by atoms with Crippen LogP contribution in [0.3, 0.4) is 0 Å². The van der Waals surface area contributed by atoms with Crippen LogP contribution in [0.2, 0.25) is 0 Å². The van der Waals surface area contributed by atoms with Crippen LogP contribution in [-0.4, -0.2) is 20.0 Å². The van der Waals surface area contributed by atoms with Crippen molar-refractivity contribution in [2.75, 3.05) is 5.32 Å². The summed E-state index contributed by atoms with van der Waals surface area (Å²) < 4.78 is 3.27. The Kier molecular flexibility index (Phi) is 4.40. The maximum atomic E-state index is 12.4. The molecule has 0 saturated carbocycles. The molecule has 2 aromatic heterocycles. The molecular formula is C19H22N4O2S. The Morgan fingerprint density at radius 3 is 2.92 bits per heavy atom. The summed E-state index contributed by atoms with van der Waals surface area (Å²) in [5, 5.41) is 3.58. The van der Waals surface area contributed by atoms with Crippen molar-refractivity contribution in [3.05, 3.63) is 45.3 Å². The van der Waals surface area contributed by atoms with E-state index >= 15 is 0 Å². The Balaban J connectivity index is 1.45. The van der Waals surface area contributed by atoms with E-state index in [1.807, 2.05) is 24.3 Å². The highest BCUT2D eigenvalue weighted by Crippen LogP contribution is 2.32. The van der Waals surface area contributed by atoms with Gasteiger partial charge in [0.25, 0.3) is 0 Å². The largest absolute Gasteiger partial charge is 0.328 e. The number of nitrogens with one attached hydrogen (secondary N) is 1. The van der Waals surface area contributed by atoms with Gasteiger partial charge in [0.2, 0.25) is 5.91 Å². The van der Waals surface area contributed by atoms with Crippen LogP contribution >= 0.6 is 11.3 Å². The number of aryl methyl sites for hydroxylation is 3. The lowest BCUT2D eigenvalue weighted by Crippen LogP contribution is -2.24. The van der Waals surface area contributed by atoms with Gasteiger partial charge in [0.05, 0.1) is 16.7 Å². The Hall–Kier alpha value is -2.41. The van der Waals surface area contributed by atoms with Crippen molar-refractivity contribution in [1.82, 2.24) is 14.1 Å². The normalized spacial score (nSPS) is 16.6. The number of amides is 1. The molecule has 1 unspecified atom stereocenters. The highest BCUT2D eigenvalue weighted by molar-refractivity contribution is 7.15. The first-order valence-corrected chi connectivity index (χ1v) is 9.77. The summed E-state index contributed by atoms with van der Waals surface area (Å²) in [5.41, 5.74) is 2.76. The monoisotopic (exact) mass is 370 g/mol. The summed E-state index contributed by atoms with van der Waals surface area (Å²) in [6.07, 6.45) is 3.45. The summed E-state index contributed by atoms with van der Waals surface area (Å²) in [6.45, 7) is 2.61. The van der Waals surface area contributed by atoms with E-state index in [1.165, 1.54) is 4.88 Å². The zero-order chi connectivity index (χ0) is 18.3. The molecule has 6 nitrogen and oxygen atoms in total. The molecule has 0 radical (unpaired) electrons. The molecule has 7 heteroatoms. The smallest absolute Gasteiger partial charge is 0.302 e. The van der Waals surface area contributed by atoms with Crippen molar-refractivity contribution < 1.29 is 4.79 Å². The predicted molar refractivity (Wildman–Crippen MR) is 104 cm³/mol. The molecule has 26 heavy (non-hydrogen) atoms. The number of para-hydroxylation sites is 2. The molecule has 1 N–H and O–H groups in total. The van der Waals surface area contributed by atoms with Crippen molar-refractivity contribution in [2.24, 2.45) is 13.0 Å². The number of carbonyl (C=O) groups is 1. The number of aromatic nitrogens is 3. The molecule has 0 fully saturated rings. The third kappa shape index (κ3) is 3.07. The molecule has 136 valence electrons. The van der Waals surface area contributed by atoms with E-state index in [9.17, 15) is 9.59 Å². The summed E-state index contributed by atoms with van der Waals surface area (Å²) in [5.74, 6) is 0.578. The van der Waals surface area contributed by atoms with E-state index in [2.05, 4.69) is 17.2 Å². The molecule has 2 heterocycles. The first kappa shape index (κ1) is 17.0. The van der Waals surface area contributed by atoms with Gasteiger partial charge in [0, 0.05) is 24.9 Å². The van der Waals surface area contributed by atoms with E-state index in [-0.39, 0.29) is 18.0 Å². The fourth-order valence-electron chi connectivity index (χ4n) is 3.57. The molecule has 3 aromatic rings. The number of hydrogen-bond acceptors (Lipinski definition) is 4. The van der Waals surface area contributed by atoms with Gasteiger partial charge >= 0.3 is 5.69 Å². The second-order valence-electron chi connectivity index (χ2n) is 7.02. The third-order valence-corrected chi connectivity index (χ3v) is 6.08. The first-order chi connectivity index (χ1) is 12.5. The molecule has 1 aliphatic rings. The summed E-state index contributed by atoms with van der Waals surface area (Å²) in [7, 11) is 1.75. The van der Waals surface area contributed by atoms with Gasteiger partial charge in [0.15, 0.2) is 5.13 Å². The van der Waals surface area contributed by atoms with Crippen molar-refractivity contribution in [3.63, 3.8) is 0 Å². The number of nitrogens with zero attached hydrogens (tertiary/aromatic N) is 3. The zero-order valence-electron chi connectivity index (χ0n) is 15.0. The van der Waals surface area contributed by atoms with Crippen molar-refractivity contribution in [3.8, 4) is 0 Å². The number of fused-ring (bicyclic) bond motifs is 2. The molecule has 1 atom stereocenters. The number of benzene rings is 1. The van der Waals surface area contributed by atoms with Crippen LogP contribution < -0.4 is 11.0 Å². The van der Waals surface area contributed by atoms with Crippen LogP contribution in [0.4, 0.5) is 5.13 Å². The molecule has 0 aliphatic heterocycles. The fraction of sp³-hybridized carbons (Fsp3) is 0.421. The van der Waals surface area contributed by atoms with E-state index < -0.39 is 0 Å². The molecule has 1 aliphatic carbocycles. The highest BCUT2D eigenvalue weighted by Gasteiger charge is 2.20. The Bertz CT molecular complexity index is 1030. The first-order valence-electron chi connectivity index (χ1n) is 8.95. The Labute approximate surface area is 155 Å². The van der Waals surface area contributed by atoms with Gasteiger partial charge in [0.1, 0.15) is 0 Å². The summed E-state index contributed by atoms with van der Waals surface area (Å²) in [6, 6.07) is 7.63. The lowest BCUT2D eigenvalue weighted by molar-refractivity contribution is -0.116. The van der Waals surface area contributed by atoms with Crippen molar-refractivity contribution >= 4 is 33.4 Å². The van der Waals surface area contributed by atoms with E-state index in [0.29, 0.717) is 17.6 Å². The second-order valence-corrected chi connectivity index (χ2v) is 8.10. The lowest BCUT2D eigenvalue weighted by atomic mass is 9.93. The van der Waals surface area contributed by atoms with Gasteiger partial charge in [-0.05, 0) is 37.3 Å². The molecular weight excluding hydrogens is 348 g/mol. The van der Waals surface area contributed by atoms with Crippen LogP contribution in [0.1, 0.15) is 30.3 Å². The van der Waals surface area contributed by atoms with Gasteiger partial charge in [-0.15, -0.1) is 11.3 Å². The number of hydrogen-bond donors (Lipinski definition) is 1. The SMILES string of the molecule is CC1CCc2nc(NC(=O)CCn3c(=O)n(C)c4ccccc43)sc2C1. The van der Waals surface area contributed by atoms with Crippen LogP contribution in [0.5, 0.6) is 0 Å². The standard InChI is InChI=1S/C19H22N4O2S/c1-12-7-8-13-16(11-12)26-18(20-13)21-17(24)9-10-23-15-6-4-3-5-14(15)22(2)19(23)25/h3-6,12H,7-11H2,1-2H3,(H,20,21,24). The number of imidazole rings is 1. The van der Waals surface area contributed by atoms with Gasteiger partial charge in [-0.1, -0.05) is 19.1 Å². The summed E-state index contributed by atoms with van der Waals surface area (Å²) in [4.78, 5) is 30.6. The van der Waals surface area contributed by atoms with E-state index in [4.69, 9.17) is 0 Å².